The van der Waals surface area contributed by atoms with Crippen molar-refractivity contribution < 1.29 is 4.42 Å². The molecular formula is C12H20N2O. The molecule has 0 bridgehead atoms. The number of nitrogens with one attached hydrogen (secondary N) is 1. The van der Waals surface area contributed by atoms with Crippen LogP contribution in [0, 0.1) is 6.92 Å². The van der Waals surface area contributed by atoms with E-state index >= 15 is 0 Å². The minimum absolute atomic E-state index is 0.590. The van der Waals surface area contributed by atoms with Crippen molar-refractivity contribution in [1.82, 2.24) is 10.3 Å². The van der Waals surface area contributed by atoms with E-state index in [1.165, 1.54) is 25.7 Å². The summed E-state index contributed by atoms with van der Waals surface area (Å²) < 4.78 is 5.85. The van der Waals surface area contributed by atoms with Crippen molar-refractivity contribution in [2.45, 2.75) is 44.9 Å². The van der Waals surface area contributed by atoms with Gasteiger partial charge in [0.05, 0.1) is 5.69 Å². The first-order valence-corrected chi connectivity index (χ1v) is 5.92. The van der Waals surface area contributed by atoms with Gasteiger partial charge < -0.3 is 9.73 Å². The lowest BCUT2D eigenvalue weighted by atomic mass is 10.1. The summed E-state index contributed by atoms with van der Waals surface area (Å²) in [4.78, 5) is 4.55. The van der Waals surface area contributed by atoms with Gasteiger partial charge in [0.15, 0.2) is 5.89 Å². The van der Waals surface area contributed by atoms with Crippen molar-refractivity contribution in [1.29, 1.82) is 0 Å². The van der Waals surface area contributed by atoms with Crippen LogP contribution in [0.3, 0.4) is 0 Å². The van der Waals surface area contributed by atoms with Gasteiger partial charge in [0, 0.05) is 18.9 Å². The molecule has 0 saturated heterocycles. The lowest BCUT2D eigenvalue weighted by molar-refractivity contribution is 0.417. The number of oxazole rings is 1. The molecule has 0 spiro atoms. The smallest absolute Gasteiger partial charge is 0.197 e. The van der Waals surface area contributed by atoms with E-state index in [-0.39, 0.29) is 0 Å². The third-order valence-electron chi connectivity index (χ3n) is 3.22. The van der Waals surface area contributed by atoms with Gasteiger partial charge in [-0.05, 0) is 26.8 Å². The molecule has 3 nitrogen and oxygen atoms in total. The first-order valence-electron chi connectivity index (χ1n) is 5.92. The molecule has 0 atom stereocenters. The molecule has 0 unspecified atom stereocenters. The van der Waals surface area contributed by atoms with Crippen LogP contribution in [0.15, 0.2) is 4.42 Å². The average Bonchev–Trinajstić information content (AvgIpc) is 2.83. The number of hydrogen-bond donors (Lipinski definition) is 1. The van der Waals surface area contributed by atoms with Crippen LogP contribution in [0.5, 0.6) is 0 Å². The lowest BCUT2D eigenvalue weighted by Gasteiger charge is -2.01. The van der Waals surface area contributed by atoms with Gasteiger partial charge in [-0.15, -0.1) is 0 Å². The number of nitrogens with zero attached hydrogens (tertiary/aromatic N) is 1. The highest BCUT2D eigenvalue weighted by Crippen LogP contribution is 2.34. The SMILES string of the molecule is CNCCc1oc(C2CCCC2)nc1C. The highest BCUT2D eigenvalue weighted by molar-refractivity contribution is 5.11. The maximum absolute atomic E-state index is 5.85. The van der Waals surface area contributed by atoms with Crippen molar-refractivity contribution in [3.8, 4) is 0 Å². The summed E-state index contributed by atoms with van der Waals surface area (Å²) in [6.07, 6.45) is 6.12. The van der Waals surface area contributed by atoms with Crippen LogP contribution in [-0.2, 0) is 6.42 Å². The summed E-state index contributed by atoms with van der Waals surface area (Å²) in [5, 5.41) is 3.13. The van der Waals surface area contributed by atoms with Crippen LogP contribution in [0.1, 0.15) is 48.9 Å². The maximum Gasteiger partial charge on any atom is 0.197 e. The minimum Gasteiger partial charge on any atom is -0.445 e. The number of aryl methyl sites for hydroxylation is 1. The molecule has 0 amide bonds. The Morgan fingerprint density at radius 2 is 2.13 bits per heavy atom. The fourth-order valence-corrected chi connectivity index (χ4v) is 2.27. The molecule has 1 fully saturated rings. The van der Waals surface area contributed by atoms with Crippen LogP contribution in [0.2, 0.25) is 0 Å². The van der Waals surface area contributed by atoms with Gasteiger partial charge in [-0.1, -0.05) is 12.8 Å². The van der Waals surface area contributed by atoms with E-state index in [0.29, 0.717) is 5.92 Å². The zero-order valence-electron chi connectivity index (χ0n) is 9.68. The van der Waals surface area contributed by atoms with Crippen molar-refractivity contribution in [3.63, 3.8) is 0 Å². The van der Waals surface area contributed by atoms with Gasteiger partial charge in [-0.3, -0.25) is 0 Å². The predicted molar refractivity (Wildman–Crippen MR) is 60.1 cm³/mol. The fraction of sp³-hybridized carbons (Fsp3) is 0.750. The molecule has 0 radical (unpaired) electrons. The van der Waals surface area contributed by atoms with Crippen LogP contribution >= 0.6 is 0 Å². The Kier molecular flexibility index (Phi) is 3.41. The molecule has 0 aromatic carbocycles. The molecule has 1 aromatic heterocycles. The van der Waals surface area contributed by atoms with E-state index in [1.807, 2.05) is 14.0 Å². The second-order valence-electron chi connectivity index (χ2n) is 4.40. The second kappa shape index (κ2) is 4.79. The van der Waals surface area contributed by atoms with Gasteiger partial charge in [-0.25, -0.2) is 4.98 Å². The Bertz CT molecular complexity index is 313. The highest BCUT2D eigenvalue weighted by atomic mass is 16.4. The van der Waals surface area contributed by atoms with Gasteiger partial charge in [0.2, 0.25) is 0 Å². The minimum atomic E-state index is 0.590. The first-order chi connectivity index (χ1) is 7.31. The molecule has 15 heavy (non-hydrogen) atoms. The number of hydrogen-bond acceptors (Lipinski definition) is 3. The van der Waals surface area contributed by atoms with Crippen molar-refractivity contribution in [3.05, 3.63) is 17.3 Å². The molecule has 0 aliphatic heterocycles. The predicted octanol–water partition coefficient (Wildman–Crippen LogP) is 2.40. The summed E-state index contributed by atoms with van der Waals surface area (Å²) in [6.45, 7) is 3.01. The largest absolute Gasteiger partial charge is 0.445 e. The summed E-state index contributed by atoms with van der Waals surface area (Å²) in [5.41, 5.74) is 1.08. The van der Waals surface area contributed by atoms with E-state index < -0.39 is 0 Å². The van der Waals surface area contributed by atoms with Crippen LogP contribution in [-0.4, -0.2) is 18.6 Å². The van der Waals surface area contributed by atoms with Gasteiger partial charge >= 0.3 is 0 Å². The zero-order chi connectivity index (χ0) is 10.7. The number of likely N-dealkylation sites (N-methyl/N-ethyl adjacent to an activating group) is 1. The first kappa shape index (κ1) is 10.7. The lowest BCUT2D eigenvalue weighted by Crippen LogP contribution is -2.10. The standard InChI is InChI=1S/C12H20N2O/c1-9-11(7-8-13-2)15-12(14-9)10-5-3-4-6-10/h10,13H,3-8H2,1-2H3. The maximum atomic E-state index is 5.85. The summed E-state index contributed by atoms with van der Waals surface area (Å²) in [6, 6.07) is 0. The molecule has 1 aromatic rings. The molecule has 84 valence electrons. The van der Waals surface area contributed by atoms with E-state index in [1.54, 1.807) is 0 Å². The van der Waals surface area contributed by atoms with Gasteiger partial charge in [0.1, 0.15) is 5.76 Å². The Morgan fingerprint density at radius 3 is 2.80 bits per heavy atom. The summed E-state index contributed by atoms with van der Waals surface area (Å²) >= 11 is 0. The Hall–Kier alpha value is -0.830. The van der Waals surface area contributed by atoms with Gasteiger partial charge in [-0.2, -0.15) is 0 Å². The molecule has 1 saturated carbocycles. The molecular weight excluding hydrogens is 188 g/mol. The van der Waals surface area contributed by atoms with E-state index in [2.05, 4.69) is 10.3 Å². The topological polar surface area (TPSA) is 38.1 Å². The second-order valence-corrected chi connectivity index (χ2v) is 4.40. The number of rotatable bonds is 4. The molecule has 1 N–H and O–H groups in total. The Morgan fingerprint density at radius 1 is 1.40 bits per heavy atom. The number of aromatic nitrogens is 1. The van der Waals surface area contributed by atoms with Crippen LogP contribution in [0.25, 0.3) is 0 Å². The third kappa shape index (κ3) is 2.40. The van der Waals surface area contributed by atoms with E-state index in [0.717, 1.165) is 30.3 Å². The summed E-state index contributed by atoms with van der Waals surface area (Å²) in [5.74, 6) is 2.63. The van der Waals surface area contributed by atoms with Crippen molar-refractivity contribution in [2.75, 3.05) is 13.6 Å². The van der Waals surface area contributed by atoms with Crippen molar-refractivity contribution >= 4 is 0 Å². The van der Waals surface area contributed by atoms with Crippen LogP contribution < -0.4 is 5.32 Å². The molecule has 1 aliphatic carbocycles. The molecule has 1 heterocycles. The van der Waals surface area contributed by atoms with Crippen LogP contribution in [0.4, 0.5) is 0 Å². The normalized spacial score (nSPS) is 17.5. The molecule has 3 heteroatoms. The zero-order valence-corrected chi connectivity index (χ0v) is 9.68. The average molecular weight is 208 g/mol. The highest BCUT2D eigenvalue weighted by Gasteiger charge is 2.22. The molecule has 1 aliphatic rings. The Labute approximate surface area is 91.3 Å². The Balaban J connectivity index is 2.06. The monoisotopic (exact) mass is 208 g/mol. The van der Waals surface area contributed by atoms with Crippen molar-refractivity contribution in [2.24, 2.45) is 0 Å². The van der Waals surface area contributed by atoms with E-state index in [4.69, 9.17) is 4.42 Å². The third-order valence-corrected chi connectivity index (χ3v) is 3.22. The van der Waals surface area contributed by atoms with Gasteiger partial charge in [0.25, 0.3) is 0 Å². The fourth-order valence-electron chi connectivity index (χ4n) is 2.27. The quantitative estimate of drug-likeness (QED) is 0.825. The van der Waals surface area contributed by atoms with E-state index in [9.17, 15) is 0 Å². The molecule has 2 rings (SSSR count). The summed E-state index contributed by atoms with van der Waals surface area (Å²) in [7, 11) is 1.96.